The molecule has 2 aromatic carbocycles. The predicted octanol–water partition coefficient (Wildman–Crippen LogP) is 5.55. The second kappa shape index (κ2) is 7.37. The van der Waals surface area contributed by atoms with Gasteiger partial charge in [-0.3, -0.25) is 4.98 Å². The fourth-order valence-corrected chi connectivity index (χ4v) is 4.05. The lowest BCUT2D eigenvalue weighted by Crippen LogP contribution is -2.27. The topological polar surface area (TPSA) is 41.1 Å². The summed E-state index contributed by atoms with van der Waals surface area (Å²) in [4.78, 5) is 10.2. The number of halogens is 1. The number of nitrogens with zero attached hydrogens (tertiary/aromatic N) is 2. The van der Waals surface area contributed by atoms with Crippen LogP contribution in [0.1, 0.15) is 19.4 Å². The van der Waals surface area contributed by atoms with Crippen LogP contribution in [0.15, 0.2) is 36.7 Å². The smallest absolute Gasteiger partial charge is 0.121 e. The molecule has 0 spiro atoms. The van der Waals surface area contributed by atoms with Crippen molar-refractivity contribution in [3.05, 3.63) is 47.2 Å². The van der Waals surface area contributed by atoms with Crippen molar-refractivity contribution in [3.63, 3.8) is 0 Å². The summed E-state index contributed by atoms with van der Waals surface area (Å²) in [5.41, 5.74) is 3.32. The van der Waals surface area contributed by atoms with Gasteiger partial charge in [0.25, 0.3) is 0 Å². The van der Waals surface area contributed by atoms with E-state index in [4.69, 9.17) is 16.3 Å². The molecule has 0 aliphatic heterocycles. The first-order valence-electron chi connectivity index (χ1n) is 9.45. The molecule has 4 rings (SSSR count). The normalized spacial score (nSPS) is 11.9. The molecule has 0 saturated carbocycles. The Morgan fingerprint density at radius 2 is 1.93 bits per heavy atom. The first-order valence-corrected chi connectivity index (χ1v) is 9.83. The van der Waals surface area contributed by atoms with E-state index in [-0.39, 0.29) is 0 Å². The van der Waals surface area contributed by atoms with Gasteiger partial charge in [-0.15, -0.1) is 0 Å². The van der Waals surface area contributed by atoms with Gasteiger partial charge in [-0.1, -0.05) is 31.5 Å². The molecular formula is C22H24ClN3O. The highest BCUT2D eigenvalue weighted by molar-refractivity contribution is 6.39. The number of hydrogen-bond donors (Lipinski definition) is 1. The monoisotopic (exact) mass is 381 g/mol. The highest BCUT2D eigenvalue weighted by atomic mass is 35.5. The van der Waals surface area contributed by atoms with E-state index in [2.05, 4.69) is 53.8 Å². The van der Waals surface area contributed by atoms with Crippen LogP contribution < -0.4 is 4.74 Å². The second-order valence-electron chi connectivity index (χ2n) is 6.87. The number of H-pyrrole nitrogens is 1. The Balaban J connectivity index is 1.76. The van der Waals surface area contributed by atoms with E-state index in [0.29, 0.717) is 11.6 Å². The van der Waals surface area contributed by atoms with E-state index in [1.54, 1.807) is 0 Å². The van der Waals surface area contributed by atoms with Crippen molar-refractivity contribution >= 4 is 44.2 Å². The Bertz CT molecular complexity index is 1120. The summed E-state index contributed by atoms with van der Waals surface area (Å²) in [6, 6.07) is 8.20. The molecule has 5 heteroatoms. The van der Waals surface area contributed by atoms with Crippen LogP contribution in [0.4, 0.5) is 0 Å². The summed E-state index contributed by atoms with van der Waals surface area (Å²) < 4.78 is 5.98. The number of likely N-dealkylation sites (N-methyl/N-ethyl adjacent to an activating group) is 1. The number of hydrogen-bond acceptors (Lipinski definition) is 3. The number of benzene rings is 2. The molecule has 4 aromatic rings. The van der Waals surface area contributed by atoms with Crippen LogP contribution in [-0.4, -0.2) is 41.1 Å². The zero-order valence-corrected chi connectivity index (χ0v) is 16.7. The number of aromatic nitrogens is 2. The van der Waals surface area contributed by atoms with E-state index in [1.165, 1.54) is 0 Å². The lowest BCUT2D eigenvalue weighted by atomic mass is 10.0. The average molecular weight is 382 g/mol. The predicted molar refractivity (Wildman–Crippen MR) is 114 cm³/mol. The minimum atomic E-state index is 0.655. The van der Waals surface area contributed by atoms with Gasteiger partial charge in [-0.05, 0) is 49.2 Å². The zero-order chi connectivity index (χ0) is 19.0. The van der Waals surface area contributed by atoms with E-state index in [0.717, 1.165) is 63.5 Å². The zero-order valence-electron chi connectivity index (χ0n) is 16.0. The lowest BCUT2D eigenvalue weighted by molar-refractivity contribution is 0.223. The SMILES string of the molecule is CCN(CC)CCOc1cc(Cl)c2c(ccc3[nH]c4c(C)cncc4c32)c1. The van der Waals surface area contributed by atoms with Crippen LogP contribution in [0.5, 0.6) is 5.75 Å². The molecule has 0 unspecified atom stereocenters. The number of rotatable bonds is 6. The third-order valence-corrected chi connectivity index (χ3v) is 5.58. The molecule has 2 heterocycles. The Morgan fingerprint density at radius 1 is 1.11 bits per heavy atom. The molecule has 4 nitrogen and oxygen atoms in total. The molecular weight excluding hydrogens is 358 g/mol. The van der Waals surface area contributed by atoms with Gasteiger partial charge < -0.3 is 14.6 Å². The van der Waals surface area contributed by atoms with Gasteiger partial charge in [0.2, 0.25) is 0 Å². The van der Waals surface area contributed by atoms with Crippen LogP contribution in [-0.2, 0) is 0 Å². The van der Waals surface area contributed by atoms with Crippen molar-refractivity contribution in [1.82, 2.24) is 14.9 Å². The molecule has 0 radical (unpaired) electrons. The van der Waals surface area contributed by atoms with Crippen LogP contribution in [0.3, 0.4) is 0 Å². The van der Waals surface area contributed by atoms with E-state index < -0.39 is 0 Å². The van der Waals surface area contributed by atoms with Crippen molar-refractivity contribution in [1.29, 1.82) is 0 Å². The number of aryl methyl sites for hydroxylation is 1. The average Bonchev–Trinajstić information content (AvgIpc) is 3.05. The van der Waals surface area contributed by atoms with Gasteiger partial charge in [0.1, 0.15) is 12.4 Å². The maximum atomic E-state index is 6.71. The second-order valence-corrected chi connectivity index (χ2v) is 7.28. The summed E-state index contributed by atoms with van der Waals surface area (Å²) in [5, 5.41) is 5.06. The fraction of sp³-hybridized carbons (Fsp3) is 0.318. The third kappa shape index (κ3) is 3.24. The van der Waals surface area contributed by atoms with Crippen molar-refractivity contribution in [3.8, 4) is 5.75 Å². The molecule has 0 bridgehead atoms. The minimum Gasteiger partial charge on any atom is -0.492 e. The lowest BCUT2D eigenvalue weighted by Gasteiger charge is -2.18. The van der Waals surface area contributed by atoms with Gasteiger partial charge in [0, 0.05) is 40.6 Å². The summed E-state index contributed by atoms with van der Waals surface area (Å²) >= 11 is 6.71. The van der Waals surface area contributed by atoms with Crippen molar-refractivity contribution in [2.75, 3.05) is 26.2 Å². The standard InChI is InChI=1S/C22H24ClN3O/c1-4-26(5-2)8-9-27-16-10-15-6-7-19-21(20(15)18(23)11-16)17-13-24-12-14(3)22(17)25-19/h6-7,10-13,25H,4-5,8-9H2,1-3H3. The first-order chi connectivity index (χ1) is 13.1. The maximum absolute atomic E-state index is 6.71. The molecule has 0 fully saturated rings. The van der Waals surface area contributed by atoms with E-state index in [1.807, 2.05) is 18.5 Å². The van der Waals surface area contributed by atoms with Crippen molar-refractivity contribution < 1.29 is 4.74 Å². The Morgan fingerprint density at radius 3 is 2.70 bits per heavy atom. The fourth-order valence-electron chi connectivity index (χ4n) is 3.74. The molecule has 0 amide bonds. The summed E-state index contributed by atoms with van der Waals surface area (Å²) in [6.07, 6.45) is 3.79. The molecule has 0 atom stereocenters. The van der Waals surface area contributed by atoms with Crippen LogP contribution in [0.2, 0.25) is 5.02 Å². The number of fused-ring (bicyclic) bond motifs is 5. The van der Waals surface area contributed by atoms with Gasteiger partial charge in [-0.2, -0.15) is 0 Å². The molecule has 0 saturated heterocycles. The summed E-state index contributed by atoms with van der Waals surface area (Å²) in [5.74, 6) is 0.813. The van der Waals surface area contributed by atoms with Crippen LogP contribution >= 0.6 is 11.6 Å². The number of nitrogens with one attached hydrogen (secondary N) is 1. The largest absolute Gasteiger partial charge is 0.492 e. The Kier molecular flexibility index (Phi) is 4.94. The highest BCUT2D eigenvalue weighted by Crippen LogP contribution is 2.38. The van der Waals surface area contributed by atoms with Crippen molar-refractivity contribution in [2.45, 2.75) is 20.8 Å². The van der Waals surface area contributed by atoms with Gasteiger partial charge >= 0.3 is 0 Å². The highest BCUT2D eigenvalue weighted by Gasteiger charge is 2.13. The minimum absolute atomic E-state index is 0.655. The number of pyridine rings is 1. The van der Waals surface area contributed by atoms with Gasteiger partial charge in [-0.25, -0.2) is 0 Å². The summed E-state index contributed by atoms with van der Waals surface area (Å²) in [7, 11) is 0. The van der Waals surface area contributed by atoms with E-state index in [9.17, 15) is 0 Å². The molecule has 0 aliphatic rings. The molecule has 1 N–H and O–H groups in total. The Labute approximate surface area is 164 Å². The maximum Gasteiger partial charge on any atom is 0.121 e. The van der Waals surface area contributed by atoms with Gasteiger partial charge in [0.15, 0.2) is 0 Å². The number of aromatic amines is 1. The summed E-state index contributed by atoms with van der Waals surface area (Å²) in [6.45, 7) is 10.0. The Hall–Kier alpha value is -2.30. The first kappa shape index (κ1) is 18.1. The van der Waals surface area contributed by atoms with Crippen LogP contribution in [0.25, 0.3) is 32.6 Å². The quantitative estimate of drug-likeness (QED) is 0.476. The van der Waals surface area contributed by atoms with Crippen molar-refractivity contribution in [2.24, 2.45) is 0 Å². The van der Waals surface area contributed by atoms with Gasteiger partial charge in [0.05, 0.1) is 10.5 Å². The third-order valence-electron chi connectivity index (χ3n) is 5.28. The molecule has 2 aromatic heterocycles. The number of ether oxygens (including phenoxy) is 1. The van der Waals surface area contributed by atoms with E-state index >= 15 is 0 Å². The molecule has 27 heavy (non-hydrogen) atoms. The van der Waals surface area contributed by atoms with Crippen LogP contribution in [0, 0.1) is 6.92 Å². The molecule has 0 aliphatic carbocycles. The molecule has 140 valence electrons.